The number of carbonyl (C=O) groups is 2. The largest absolute Gasteiger partial charge is 0.352 e. The maximum Gasteiger partial charge on any atom is 0.244 e. The molecule has 3 aromatic carbocycles. The second kappa shape index (κ2) is 14.4. The SMILES string of the molecule is CC[C@@H](C)NC(=O)[C@H](Cc1ccccc1)N(Cc1c(Cl)cccc1Cl)C(=O)CN(c1ccc(C)c(Cl)c1)S(C)(=O)=O. The Labute approximate surface area is 257 Å². The van der Waals surface area contributed by atoms with Crippen LogP contribution in [0, 0.1) is 6.92 Å². The average Bonchev–Trinajstić information content (AvgIpc) is 2.92. The summed E-state index contributed by atoms with van der Waals surface area (Å²) in [5.74, 6) is -0.979. The van der Waals surface area contributed by atoms with E-state index < -0.39 is 28.5 Å². The molecule has 220 valence electrons. The number of nitrogens with zero attached hydrogens (tertiary/aromatic N) is 2. The van der Waals surface area contributed by atoms with Crippen LogP contribution >= 0.6 is 34.8 Å². The Hall–Kier alpha value is -2.78. The van der Waals surface area contributed by atoms with Crippen molar-refractivity contribution in [1.29, 1.82) is 0 Å². The number of amides is 2. The number of benzene rings is 3. The number of aryl methyl sites for hydroxylation is 1. The number of hydrogen-bond donors (Lipinski definition) is 1. The Morgan fingerprint density at radius 1 is 0.927 bits per heavy atom. The van der Waals surface area contributed by atoms with E-state index in [2.05, 4.69) is 5.32 Å². The van der Waals surface area contributed by atoms with Crippen LogP contribution in [0.4, 0.5) is 5.69 Å². The fourth-order valence-corrected chi connectivity index (χ4v) is 5.73. The van der Waals surface area contributed by atoms with Gasteiger partial charge >= 0.3 is 0 Å². The fraction of sp³-hybridized carbons (Fsp3) is 0.333. The van der Waals surface area contributed by atoms with Gasteiger partial charge in [0.25, 0.3) is 0 Å². The third kappa shape index (κ3) is 8.85. The third-order valence-electron chi connectivity index (χ3n) is 6.78. The van der Waals surface area contributed by atoms with Gasteiger partial charge in [0, 0.05) is 39.6 Å². The zero-order chi connectivity index (χ0) is 30.3. The summed E-state index contributed by atoms with van der Waals surface area (Å²) in [4.78, 5) is 29.3. The summed E-state index contributed by atoms with van der Waals surface area (Å²) >= 11 is 19.3. The molecule has 0 saturated heterocycles. The van der Waals surface area contributed by atoms with Crippen molar-refractivity contribution in [2.24, 2.45) is 0 Å². The first-order valence-corrected chi connectivity index (χ1v) is 16.1. The lowest BCUT2D eigenvalue weighted by Gasteiger charge is -2.34. The number of carbonyl (C=O) groups excluding carboxylic acids is 2. The molecule has 2 amide bonds. The van der Waals surface area contributed by atoms with E-state index in [0.29, 0.717) is 27.1 Å². The van der Waals surface area contributed by atoms with Gasteiger partial charge in [-0.05, 0) is 55.7 Å². The number of hydrogen-bond acceptors (Lipinski definition) is 4. The maximum atomic E-state index is 14.2. The molecule has 0 aromatic heterocycles. The number of nitrogens with one attached hydrogen (secondary N) is 1. The molecule has 0 radical (unpaired) electrons. The highest BCUT2D eigenvalue weighted by Crippen LogP contribution is 2.29. The normalized spacial score (nSPS) is 12.9. The zero-order valence-electron chi connectivity index (χ0n) is 23.4. The molecule has 41 heavy (non-hydrogen) atoms. The van der Waals surface area contributed by atoms with Gasteiger partial charge in [-0.1, -0.05) is 84.2 Å². The average molecular weight is 639 g/mol. The lowest BCUT2D eigenvalue weighted by atomic mass is 10.0. The molecule has 3 aromatic rings. The van der Waals surface area contributed by atoms with Gasteiger partial charge in [-0.25, -0.2) is 8.42 Å². The van der Waals surface area contributed by atoms with E-state index in [4.69, 9.17) is 34.8 Å². The monoisotopic (exact) mass is 637 g/mol. The van der Waals surface area contributed by atoms with Gasteiger partial charge in [-0.3, -0.25) is 13.9 Å². The molecule has 0 fully saturated rings. The topological polar surface area (TPSA) is 86.8 Å². The summed E-state index contributed by atoms with van der Waals surface area (Å²) in [5, 5.41) is 3.98. The molecular formula is C30H34Cl3N3O4S. The van der Waals surface area contributed by atoms with Crippen molar-refractivity contribution >= 4 is 62.3 Å². The molecule has 0 heterocycles. The standard InChI is InChI=1S/C30H34Cl3N3O4S/c1-5-21(3)34-30(38)28(16-22-10-7-6-8-11-22)35(18-24-25(31)12-9-13-26(24)32)29(37)19-36(41(4,39)40)23-15-14-20(2)27(33)17-23/h6-15,17,21,28H,5,16,18-19H2,1-4H3,(H,34,38)/t21-,28+/m1/s1. The first-order valence-electron chi connectivity index (χ1n) is 13.1. The highest BCUT2D eigenvalue weighted by atomic mass is 35.5. The van der Waals surface area contributed by atoms with Crippen molar-refractivity contribution < 1.29 is 18.0 Å². The molecule has 0 bridgehead atoms. The van der Waals surface area contributed by atoms with Crippen LogP contribution in [0.5, 0.6) is 0 Å². The summed E-state index contributed by atoms with van der Waals surface area (Å²) in [6, 6.07) is 17.9. The van der Waals surface area contributed by atoms with Crippen LogP contribution in [0.1, 0.15) is 37.0 Å². The molecule has 1 N–H and O–H groups in total. The Morgan fingerprint density at radius 3 is 2.12 bits per heavy atom. The van der Waals surface area contributed by atoms with Crippen molar-refractivity contribution in [3.8, 4) is 0 Å². The van der Waals surface area contributed by atoms with E-state index in [-0.39, 0.29) is 30.6 Å². The van der Waals surface area contributed by atoms with Crippen molar-refractivity contribution in [3.63, 3.8) is 0 Å². The van der Waals surface area contributed by atoms with Crippen molar-refractivity contribution in [1.82, 2.24) is 10.2 Å². The van der Waals surface area contributed by atoms with Gasteiger partial charge in [0.05, 0.1) is 11.9 Å². The van der Waals surface area contributed by atoms with E-state index >= 15 is 0 Å². The molecule has 0 aliphatic heterocycles. The van der Waals surface area contributed by atoms with Crippen LogP contribution in [-0.2, 0) is 32.6 Å². The van der Waals surface area contributed by atoms with E-state index in [1.807, 2.05) is 44.2 Å². The molecule has 0 spiro atoms. The van der Waals surface area contributed by atoms with E-state index in [1.54, 1.807) is 37.3 Å². The van der Waals surface area contributed by atoms with Gasteiger partial charge in [-0.2, -0.15) is 0 Å². The van der Waals surface area contributed by atoms with Crippen LogP contribution in [0.25, 0.3) is 0 Å². The molecule has 0 aliphatic carbocycles. The van der Waals surface area contributed by atoms with Gasteiger partial charge in [0.1, 0.15) is 12.6 Å². The lowest BCUT2D eigenvalue weighted by Crippen LogP contribution is -2.54. The summed E-state index contributed by atoms with van der Waals surface area (Å²) in [6.45, 7) is 4.93. The second-order valence-electron chi connectivity index (χ2n) is 9.95. The Balaban J connectivity index is 2.12. The van der Waals surface area contributed by atoms with Crippen molar-refractivity contribution in [2.75, 3.05) is 17.1 Å². The van der Waals surface area contributed by atoms with Crippen LogP contribution in [0.3, 0.4) is 0 Å². The van der Waals surface area contributed by atoms with Crippen LogP contribution in [-0.4, -0.2) is 50.0 Å². The number of anilines is 1. The van der Waals surface area contributed by atoms with E-state index in [1.165, 1.54) is 11.0 Å². The summed E-state index contributed by atoms with van der Waals surface area (Å²) in [5.41, 5.74) is 2.26. The van der Waals surface area contributed by atoms with Gasteiger partial charge in [-0.15, -0.1) is 0 Å². The Kier molecular flexibility index (Phi) is 11.5. The minimum atomic E-state index is -3.92. The Bertz CT molecular complexity index is 1470. The predicted molar refractivity (Wildman–Crippen MR) is 167 cm³/mol. The van der Waals surface area contributed by atoms with Crippen LogP contribution in [0.2, 0.25) is 15.1 Å². The highest BCUT2D eigenvalue weighted by molar-refractivity contribution is 7.92. The molecule has 0 saturated carbocycles. The molecular weight excluding hydrogens is 605 g/mol. The first kappa shape index (κ1) is 32.7. The quantitative estimate of drug-likeness (QED) is 0.253. The molecule has 3 rings (SSSR count). The number of halogens is 3. The lowest BCUT2D eigenvalue weighted by molar-refractivity contribution is -0.140. The molecule has 0 unspecified atom stereocenters. The van der Waals surface area contributed by atoms with Crippen molar-refractivity contribution in [3.05, 3.63) is 98.5 Å². The van der Waals surface area contributed by atoms with E-state index in [9.17, 15) is 18.0 Å². The maximum absolute atomic E-state index is 14.2. The highest BCUT2D eigenvalue weighted by Gasteiger charge is 2.34. The fourth-order valence-electron chi connectivity index (χ4n) is 4.20. The number of rotatable bonds is 12. The third-order valence-corrected chi connectivity index (χ3v) is 9.04. The minimum Gasteiger partial charge on any atom is -0.352 e. The molecule has 11 heteroatoms. The van der Waals surface area contributed by atoms with Crippen LogP contribution < -0.4 is 9.62 Å². The zero-order valence-corrected chi connectivity index (χ0v) is 26.5. The molecule has 2 atom stereocenters. The van der Waals surface area contributed by atoms with Gasteiger partial charge < -0.3 is 10.2 Å². The molecule has 7 nitrogen and oxygen atoms in total. The number of sulfonamides is 1. The smallest absolute Gasteiger partial charge is 0.244 e. The second-order valence-corrected chi connectivity index (χ2v) is 13.1. The van der Waals surface area contributed by atoms with Crippen molar-refractivity contribution in [2.45, 2.75) is 52.2 Å². The van der Waals surface area contributed by atoms with Crippen LogP contribution in [0.15, 0.2) is 66.7 Å². The summed E-state index contributed by atoms with van der Waals surface area (Å²) < 4.78 is 26.8. The van der Waals surface area contributed by atoms with Gasteiger partial charge in [0.2, 0.25) is 21.8 Å². The van der Waals surface area contributed by atoms with E-state index in [0.717, 1.165) is 21.7 Å². The minimum absolute atomic E-state index is 0.116. The van der Waals surface area contributed by atoms with Gasteiger partial charge in [0.15, 0.2) is 0 Å². The first-order chi connectivity index (χ1) is 19.3. The molecule has 0 aliphatic rings. The summed E-state index contributed by atoms with van der Waals surface area (Å²) in [7, 11) is -3.92. The predicted octanol–water partition coefficient (Wildman–Crippen LogP) is 6.28. The Morgan fingerprint density at radius 2 is 1.56 bits per heavy atom. The summed E-state index contributed by atoms with van der Waals surface area (Å²) in [6.07, 6.45) is 1.89.